The monoisotopic (exact) mass is 609 g/mol. The van der Waals surface area contributed by atoms with Crippen LogP contribution in [-0.2, 0) is 18.5 Å². The first-order valence-corrected chi connectivity index (χ1v) is 13.2. The van der Waals surface area contributed by atoms with Crippen LogP contribution in [0.5, 0.6) is 5.75 Å². The van der Waals surface area contributed by atoms with Crippen molar-refractivity contribution in [3.8, 4) is 5.75 Å². The Bertz CT molecular complexity index is 1490. The molecule has 0 aromatic heterocycles. The maximum absolute atomic E-state index is 14.4. The molecule has 228 valence electrons. The van der Waals surface area contributed by atoms with Crippen molar-refractivity contribution in [1.82, 2.24) is 0 Å². The van der Waals surface area contributed by atoms with E-state index in [0.29, 0.717) is 24.2 Å². The third-order valence-electron chi connectivity index (χ3n) is 6.81. The van der Waals surface area contributed by atoms with Crippen LogP contribution in [0.15, 0.2) is 103 Å². The van der Waals surface area contributed by atoms with Crippen LogP contribution in [0, 0.1) is 0 Å². The number of ether oxygens (including phenoxy) is 1. The third-order valence-corrected chi connectivity index (χ3v) is 6.81. The summed E-state index contributed by atoms with van der Waals surface area (Å²) in [7, 11) is 0. The molecule has 2 unspecified atom stereocenters. The smallest absolute Gasteiger partial charge is 0.458 e. The van der Waals surface area contributed by atoms with Gasteiger partial charge in [0.1, 0.15) is 5.75 Å². The second-order valence-electron chi connectivity index (χ2n) is 9.79. The molecule has 11 heteroatoms. The van der Waals surface area contributed by atoms with Crippen LogP contribution in [0.1, 0.15) is 47.1 Å². The van der Waals surface area contributed by atoms with Crippen LogP contribution < -0.4 is 9.64 Å². The number of alkyl halides is 8. The van der Waals surface area contributed by atoms with Crippen molar-refractivity contribution in [3.63, 3.8) is 0 Å². The summed E-state index contributed by atoms with van der Waals surface area (Å²) in [5.74, 6) is -4.88. The highest BCUT2D eigenvalue weighted by molar-refractivity contribution is 5.50. The highest BCUT2D eigenvalue weighted by Gasteiger charge is 2.58. The van der Waals surface area contributed by atoms with Crippen molar-refractivity contribution in [3.05, 3.63) is 131 Å². The number of aryl methyl sites for hydroxylation is 1. The van der Waals surface area contributed by atoms with Gasteiger partial charge in [0, 0.05) is 16.8 Å². The first kappa shape index (κ1) is 31.8. The molecule has 0 spiro atoms. The van der Waals surface area contributed by atoms with Crippen molar-refractivity contribution in [1.29, 1.82) is 0 Å². The minimum atomic E-state index is -5.85. The van der Waals surface area contributed by atoms with E-state index in [2.05, 4.69) is 0 Å². The van der Waals surface area contributed by atoms with E-state index in [1.165, 1.54) is 11.0 Å². The average Bonchev–Trinajstić information content (AvgIpc) is 2.98. The average molecular weight is 610 g/mol. The molecule has 3 nitrogen and oxygen atoms in total. The molecule has 0 saturated carbocycles. The van der Waals surface area contributed by atoms with Crippen molar-refractivity contribution < 1.29 is 45.0 Å². The van der Waals surface area contributed by atoms with Gasteiger partial charge in [0.05, 0.1) is 18.2 Å². The summed E-state index contributed by atoms with van der Waals surface area (Å²) in [6.07, 6.45) is -12.6. The molecule has 0 aliphatic carbocycles. The minimum absolute atomic E-state index is 0.0770. The van der Waals surface area contributed by atoms with Gasteiger partial charge in [-0.2, -0.15) is 35.1 Å². The summed E-state index contributed by atoms with van der Waals surface area (Å²) < 4.78 is 114. The lowest BCUT2D eigenvalue weighted by Gasteiger charge is -2.36. The summed E-state index contributed by atoms with van der Waals surface area (Å²) in [4.78, 5) is 1.45. The lowest BCUT2D eigenvalue weighted by Crippen LogP contribution is -2.37. The second kappa shape index (κ2) is 12.6. The standard InChI is InChI=1S/C32H27F8NO2/c1-2-21-8-6-13-27(18-21)43-29(23-9-7-10-25(19-23)30(33,34)32(38,39)40)41(26-11-4-3-5-12-26)20-28(42)22-14-16-24(17-15-22)31(35,36)37/h3-19,28-29,42H,2,20H2,1H3. The molecule has 0 saturated heterocycles. The van der Waals surface area contributed by atoms with Crippen LogP contribution in [0.4, 0.5) is 40.8 Å². The predicted octanol–water partition coefficient (Wildman–Crippen LogP) is 9.24. The van der Waals surface area contributed by atoms with Gasteiger partial charge in [-0.3, -0.25) is 0 Å². The second-order valence-corrected chi connectivity index (χ2v) is 9.79. The van der Waals surface area contributed by atoms with Gasteiger partial charge in [0.15, 0.2) is 6.23 Å². The Hall–Kier alpha value is -4.12. The van der Waals surface area contributed by atoms with Gasteiger partial charge in [-0.25, -0.2) is 0 Å². The molecule has 4 aromatic rings. The molecular formula is C32H27F8NO2. The Morgan fingerprint density at radius 2 is 1.35 bits per heavy atom. The highest BCUT2D eigenvalue weighted by atomic mass is 19.4. The number of hydrogen-bond acceptors (Lipinski definition) is 3. The van der Waals surface area contributed by atoms with Crippen LogP contribution in [-0.4, -0.2) is 17.8 Å². The lowest BCUT2D eigenvalue weighted by molar-refractivity contribution is -0.289. The van der Waals surface area contributed by atoms with Crippen molar-refractivity contribution in [2.45, 2.75) is 44.0 Å². The molecule has 2 atom stereocenters. The largest absolute Gasteiger partial charge is 0.466 e. The van der Waals surface area contributed by atoms with E-state index in [1.807, 2.05) is 13.0 Å². The van der Waals surface area contributed by atoms with Crippen LogP contribution in [0.25, 0.3) is 0 Å². The maximum atomic E-state index is 14.4. The van der Waals surface area contributed by atoms with Crippen molar-refractivity contribution >= 4 is 5.69 Å². The number of rotatable bonds is 10. The van der Waals surface area contributed by atoms with E-state index < -0.39 is 41.7 Å². The Kier molecular flexibility index (Phi) is 9.34. The number of aliphatic hydroxyl groups is 1. The summed E-state index contributed by atoms with van der Waals surface area (Å²) in [6, 6.07) is 22.6. The lowest BCUT2D eigenvalue weighted by atomic mass is 10.0. The van der Waals surface area contributed by atoms with E-state index in [1.54, 1.807) is 48.5 Å². The van der Waals surface area contributed by atoms with Crippen molar-refractivity contribution in [2.24, 2.45) is 0 Å². The van der Waals surface area contributed by atoms with Gasteiger partial charge >= 0.3 is 18.3 Å². The molecule has 0 heterocycles. The van der Waals surface area contributed by atoms with E-state index in [4.69, 9.17) is 4.74 Å². The molecular weight excluding hydrogens is 582 g/mol. The molecule has 0 aliphatic rings. The molecule has 0 radical (unpaired) electrons. The highest BCUT2D eigenvalue weighted by Crippen LogP contribution is 2.45. The molecule has 0 aliphatic heterocycles. The number of anilines is 1. The van der Waals surface area contributed by atoms with Gasteiger partial charge in [0.2, 0.25) is 0 Å². The number of benzene rings is 4. The topological polar surface area (TPSA) is 32.7 Å². The molecule has 0 amide bonds. The quantitative estimate of drug-likeness (QED) is 0.144. The van der Waals surface area contributed by atoms with Crippen LogP contribution in [0.3, 0.4) is 0 Å². The van der Waals surface area contributed by atoms with Gasteiger partial charge < -0.3 is 14.7 Å². The summed E-state index contributed by atoms with van der Waals surface area (Å²) in [6.45, 7) is 1.57. The molecule has 4 rings (SSSR count). The van der Waals surface area contributed by atoms with Gasteiger partial charge in [-0.05, 0) is 60.0 Å². The van der Waals surface area contributed by atoms with E-state index in [0.717, 1.165) is 35.9 Å². The van der Waals surface area contributed by atoms with Crippen molar-refractivity contribution in [2.75, 3.05) is 11.4 Å². The molecule has 0 fully saturated rings. The zero-order chi connectivity index (χ0) is 31.4. The maximum Gasteiger partial charge on any atom is 0.458 e. The van der Waals surface area contributed by atoms with Gasteiger partial charge in [-0.1, -0.05) is 67.6 Å². The Morgan fingerprint density at radius 3 is 1.95 bits per heavy atom. The van der Waals surface area contributed by atoms with Crippen LogP contribution >= 0.6 is 0 Å². The minimum Gasteiger partial charge on any atom is -0.466 e. The Balaban J connectivity index is 1.81. The third kappa shape index (κ3) is 7.45. The Labute approximate surface area is 243 Å². The van der Waals surface area contributed by atoms with E-state index in [-0.39, 0.29) is 23.4 Å². The fourth-order valence-corrected chi connectivity index (χ4v) is 4.47. The molecule has 0 bridgehead atoms. The number of para-hydroxylation sites is 1. The normalized spacial score (nSPS) is 13.8. The fraction of sp³-hybridized carbons (Fsp3) is 0.250. The van der Waals surface area contributed by atoms with E-state index >= 15 is 0 Å². The Morgan fingerprint density at radius 1 is 0.698 bits per heavy atom. The SMILES string of the molecule is CCc1cccc(OC(c2cccc(C(F)(F)C(F)(F)F)c2)N(CC(O)c2ccc(C(F)(F)F)cc2)c2ccccc2)c1. The van der Waals surface area contributed by atoms with E-state index in [9.17, 15) is 40.2 Å². The predicted molar refractivity (Wildman–Crippen MR) is 146 cm³/mol. The molecule has 1 N–H and O–H groups in total. The number of aliphatic hydroxyl groups excluding tert-OH is 1. The molecule has 4 aromatic carbocycles. The van der Waals surface area contributed by atoms with Gasteiger partial charge in [0.25, 0.3) is 0 Å². The summed E-state index contributed by atoms with van der Waals surface area (Å²) in [5, 5.41) is 11.1. The van der Waals surface area contributed by atoms with Crippen LogP contribution in [0.2, 0.25) is 0 Å². The fourth-order valence-electron chi connectivity index (χ4n) is 4.47. The summed E-state index contributed by atoms with van der Waals surface area (Å²) in [5.41, 5.74) is -0.903. The van der Waals surface area contributed by atoms with Gasteiger partial charge in [-0.15, -0.1) is 0 Å². The summed E-state index contributed by atoms with van der Waals surface area (Å²) >= 11 is 0. The first-order chi connectivity index (χ1) is 20.2. The number of hydrogen-bond donors (Lipinski definition) is 1. The zero-order valence-corrected chi connectivity index (χ0v) is 22.7. The number of halogens is 8. The zero-order valence-electron chi connectivity index (χ0n) is 22.7. The number of nitrogens with zero attached hydrogens (tertiary/aromatic N) is 1. The first-order valence-electron chi connectivity index (χ1n) is 13.2. The molecule has 43 heavy (non-hydrogen) atoms.